The van der Waals surface area contributed by atoms with E-state index < -0.39 is 0 Å². The number of nitrogens with zero attached hydrogens (tertiary/aromatic N) is 2. The van der Waals surface area contributed by atoms with Gasteiger partial charge in [0.2, 0.25) is 5.91 Å². The SMILES string of the molecule is CCC(Br)C(=O)Nc1cccnn1. The van der Waals surface area contributed by atoms with Crippen LogP contribution < -0.4 is 5.32 Å². The molecule has 0 aromatic carbocycles. The van der Waals surface area contributed by atoms with Crippen LogP contribution in [0.4, 0.5) is 5.82 Å². The molecule has 1 amide bonds. The van der Waals surface area contributed by atoms with Gasteiger partial charge in [-0.25, -0.2) is 0 Å². The summed E-state index contributed by atoms with van der Waals surface area (Å²) in [6.45, 7) is 1.93. The zero-order valence-corrected chi connectivity index (χ0v) is 8.78. The van der Waals surface area contributed by atoms with Gasteiger partial charge in [-0.15, -0.1) is 5.10 Å². The van der Waals surface area contributed by atoms with Gasteiger partial charge in [0, 0.05) is 6.20 Å². The number of nitrogens with one attached hydrogen (secondary N) is 1. The van der Waals surface area contributed by atoms with Gasteiger partial charge in [-0.2, -0.15) is 5.10 Å². The van der Waals surface area contributed by atoms with Crippen molar-refractivity contribution >= 4 is 27.7 Å². The molecule has 1 unspecified atom stereocenters. The second-order valence-corrected chi connectivity index (χ2v) is 3.58. The average molecular weight is 244 g/mol. The fourth-order valence-electron chi connectivity index (χ4n) is 0.758. The summed E-state index contributed by atoms with van der Waals surface area (Å²) in [6.07, 6.45) is 2.30. The van der Waals surface area contributed by atoms with Crippen LogP contribution in [-0.2, 0) is 4.79 Å². The summed E-state index contributed by atoms with van der Waals surface area (Å²) < 4.78 is 0. The van der Waals surface area contributed by atoms with Gasteiger partial charge in [-0.3, -0.25) is 4.79 Å². The summed E-state index contributed by atoms with van der Waals surface area (Å²) in [5.41, 5.74) is 0. The number of hydrogen-bond acceptors (Lipinski definition) is 3. The highest BCUT2D eigenvalue weighted by Gasteiger charge is 2.12. The van der Waals surface area contributed by atoms with Crippen LogP contribution in [0, 0.1) is 0 Å². The van der Waals surface area contributed by atoms with Crippen molar-refractivity contribution in [2.75, 3.05) is 5.32 Å². The first kappa shape index (κ1) is 10.1. The molecule has 0 bridgehead atoms. The van der Waals surface area contributed by atoms with Gasteiger partial charge in [-0.1, -0.05) is 22.9 Å². The number of rotatable bonds is 3. The van der Waals surface area contributed by atoms with E-state index in [1.54, 1.807) is 18.3 Å². The van der Waals surface area contributed by atoms with E-state index in [4.69, 9.17) is 0 Å². The van der Waals surface area contributed by atoms with Crippen LogP contribution in [0.5, 0.6) is 0 Å². The van der Waals surface area contributed by atoms with E-state index in [9.17, 15) is 4.79 Å². The molecule has 0 aliphatic heterocycles. The Balaban J connectivity index is 2.55. The summed E-state index contributed by atoms with van der Waals surface area (Å²) in [5.74, 6) is 0.383. The van der Waals surface area contributed by atoms with E-state index >= 15 is 0 Å². The van der Waals surface area contributed by atoms with Crippen LogP contribution in [0.15, 0.2) is 18.3 Å². The summed E-state index contributed by atoms with van der Waals surface area (Å²) in [5, 5.41) is 10.0. The molecule has 4 nitrogen and oxygen atoms in total. The van der Waals surface area contributed by atoms with Crippen molar-refractivity contribution < 1.29 is 4.79 Å². The molecule has 1 aromatic heterocycles. The van der Waals surface area contributed by atoms with Crippen LogP contribution in [-0.4, -0.2) is 20.9 Å². The summed E-state index contributed by atoms with van der Waals surface area (Å²) in [4.78, 5) is 11.1. The molecule has 0 fully saturated rings. The van der Waals surface area contributed by atoms with E-state index in [2.05, 4.69) is 31.4 Å². The number of amides is 1. The molecule has 0 aliphatic carbocycles. The second-order valence-electron chi connectivity index (χ2n) is 2.47. The zero-order valence-electron chi connectivity index (χ0n) is 7.20. The number of carbonyl (C=O) groups excluding carboxylic acids is 1. The van der Waals surface area contributed by atoms with Crippen molar-refractivity contribution in [3.8, 4) is 0 Å². The lowest BCUT2D eigenvalue weighted by Gasteiger charge is -2.06. The minimum Gasteiger partial charge on any atom is -0.308 e. The van der Waals surface area contributed by atoms with E-state index in [1.165, 1.54) is 0 Å². The van der Waals surface area contributed by atoms with Gasteiger partial charge < -0.3 is 5.32 Å². The largest absolute Gasteiger partial charge is 0.308 e. The topological polar surface area (TPSA) is 54.9 Å². The van der Waals surface area contributed by atoms with Crippen LogP contribution in [0.2, 0.25) is 0 Å². The number of alkyl halides is 1. The molecule has 0 radical (unpaired) electrons. The Morgan fingerprint density at radius 3 is 3.08 bits per heavy atom. The lowest BCUT2D eigenvalue weighted by atomic mass is 10.3. The fourth-order valence-corrected chi connectivity index (χ4v) is 0.873. The maximum Gasteiger partial charge on any atom is 0.239 e. The van der Waals surface area contributed by atoms with Crippen LogP contribution in [0.25, 0.3) is 0 Å². The first-order chi connectivity index (χ1) is 6.24. The summed E-state index contributed by atoms with van der Waals surface area (Å²) in [6, 6.07) is 3.41. The van der Waals surface area contributed by atoms with Crippen LogP contribution >= 0.6 is 15.9 Å². The third-order valence-corrected chi connectivity index (χ3v) is 2.53. The highest BCUT2D eigenvalue weighted by Crippen LogP contribution is 2.07. The Bertz CT molecular complexity index is 278. The molecule has 1 rings (SSSR count). The Morgan fingerprint density at radius 1 is 1.77 bits per heavy atom. The van der Waals surface area contributed by atoms with Gasteiger partial charge >= 0.3 is 0 Å². The molecule has 0 saturated carbocycles. The zero-order chi connectivity index (χ0) is 9.68. The first-order valence-corrected chi connectivity index (χ1v) is 4.88. The lowest BCUT2D eigenvalue weighted by Crippen LogP contribution is -2.22. The van der Waals surface area contributed by atoms with Gasteiger partial charge in [0.1, 0.15) is 0 Å². The van der Waals surface area contributed by atoms with Crippen molar-refractivity contribution in [2.45, 2.75) is 18.2 Å². The van der Waals surface area contributed by atoms with E-state index in [1.807, 2.05) is 6.92 Å². The molecular weight excluding hydrogens is 234 g/mol. The molecule has 0 spiro atoms. The van der Waals surface area contributed by atoms with Gasteiger partial charge in [-0.05, 0) is 18.6 Å². The van der Waals surface area contributed by atoms with Crippen LogP contribution in [0.1, 0.15) is 13.3 Å². The van der Waals surface area contributed by atoms with Crippen molar-refractivity contribution in [1.82, 2.24) is 10.2 Å². The third kappa shape index (κ3) is 3.10. The average Bonchev–Trinajstić information content (AvgIpc) is 2.18. The van der Waals surface area contributed by atoms with Crippen LogP contribution in [0.3, 0.4) is 0 Å². The van der Waals surface area contributed by atoms with E-state index in [-0.39, 0.29) is 10.7 Å². The molecule has 0 aliphatic rings. The Morgan fingerprint density at radius 2 is 2.54 bits per heavy atom. The standard InChI is InChI=1S/C8H10BrN3O/c1-2-6(9)8(13)11-7-4-3-5-10-12-7/h3-6H,2H2,1H3,(H,11,12,13). The molecule has 0 saturated heterocycles. The molecule has 1 N–H and O–H groups in total. The number of anilines is 1. The van der Waals surface area contributed by atoms with Gasteiger partial charge in [0.05, 0.1) is 4.83 Å². The molecule has 1 atom stereocenters. The highest BCUT2D eigenvalue weighted by atomic mass is 79.9. The lowest BCUT2D eigenvalue weighted by molar-refractivity contribution is -0.115. The minimum absolute atomic E-state index is 0.0944. The van der Waals surface area contributed by atoms with Crippen molar-refractivity contribution in [3.63, 3.8) is 0 Å². The van der Waals surface area contributed by atoms with Crippen molar-refractivity contribution in [2.24, 2.45) is 0 Å². The quantitative estimate of drug-likeness (QED) is 0.821. The Hall–Kier alpha value is -0.970. The summed E-state index contributed by atoms with van der Waals surface area (Å²) >= 11 is 3.24. The molecule has 13 heavy (non-hydrogen) atoms. The fraction of sp³-hybridized carbons (Fsp3) is 0.375. The first-order valence-electron chi connectivity index (χ1n) is 3.96. The summed E-state index contributed by atoms with van der Waals surface area (Å²) in [7, 11) is 0. The molecule has 1 aromatic rings. The Kier molecular flexibility index (Phi) is 3.82. The molecule has 1 heterocycles. The normalized spacial score (nSPS) is 12.2. The molecular formula is C8H10BrN3O. The van der Waals surface area contributed by atoms with Crippen molar-refractivity contribution in [1.29, 1.82) is 0 Å². The number of aromatic nitrogens is 2. The number of hydrogen-bond donors (Lipinski definition) is 1. The number of halogens is 1. The predicted octanol–water partition coefficient (Wildman–Crippen LogP) is 1.59. The Labute approximate surface area is 84.9 Å². The third-order valence-electron chi connectivity index (χ3n) is 1.47. The van der Waals surface area contributed by atoms with E-state index in [0.29, 0.717) is 5.82 Å². The van der Waals surface area contributed by atoms with Gasteiger partial charge in [0.15, 0.2) is 5.82 Å². The maximum atomic E-state index is 11.3. The molecule has 5 heteroatoms. The number of carbonyl (C=O) groups is 1. The second kappa shape index (κ2) is 4.91. The maximum absolute atomic E-state index is 11.3. The monoisotopic (exact) mass is 243 g/mol. The predicted molar refractivity (Wildman–Crippen MR) is 53.7 cm³/mol. The minimum atomic E-state index is -0.172. The highest BCUT2D eigenvalue weighted by molar-refractivity contribution is 9.10. The smallest absolute Gasteiger partial charge is 0.239 e. The van der Waals surface area contributed by atoms with Crippen molar-refractivity contribution in [3.05, 3.63) is 18.3 Å². The molecule has 70 valence electrons. The van der Waals surface area contributed by atoms with E-state index in [0.717, 1.165) is 6.42 Å². The van der Waals surface area contributed by atoms with Gasteiger partial charge in [0.25, 0.3) is 0 Å².